The zero-order chi connectivity index (χ0) is 17.0. The van der Waals surface area contributed by atoms with Crippen molar-refractivity contribution in [3.05, 3.63) is 57.0 Å². The Morgan fingerprint density at radius 2 is 1.83 bits per heavy atom. The number of rotatable bonds is 5. The number of nitrogens with zero attached hydrogens (tertiary/aromatic N) is 2. The van der Waals surface area contributed by atoms with Crippen LogP contribution >= 0.6 is 34.8 Å². The zero-order valence-electron chi connectivity index (χ0n) is 13.0. The van der Waals surface area contributed by atoms with Crippen LogP contribution in [0.25, 0.3) is 0 Å². The molecule has 0 atom stereocenters. The lowest BCUT2D eigenvalue weighted by molar-refractivity contribution is 0.806. The minimum absolute atomic E-state index is 0.500. The fourth-order valence-corrected chi connectivity index (χ4v) is 2.64. The Balaban J connectivity index is 2.40. The summed E-state index contributed by atoms with van der Waals surface area (Å²) in [5.74, 6) is 0. The van der Waals surface area contributed by atoms with E-state index in [0.29, 0.717) is 20.8 Å². The Hall–Kier alpha value is -1.42. The molecule has 0 aliphatic heterocycles. The van der Waals surface area contributed by atoms with Crippen LogP contribution in [0.4, 0.5) is 11.4 Å². The molecule has 6 heteroatoms. The summed E-state index contributed by atoms with van der Waals surface area (Å²) in [7, 11) is 0. The van der Waals surface area contributed by atoms with Crippen molar-refractivity contribution in [2.75, 3.05) is 17.3 Å². The van der Waals surface area contributed by atoms with E-state index < -0.39 is 0 Å². The second kappa shape index (κ2) is 7.91. The minimum atomic E-state index is 0.500. The molecular weight excluding hydrogens is 353 g/mol. The van der Waals surface area contributed by atoms with Gasteiger partial charge in [0.25, 0.3) is 0 Å². The third kappa shape index (κ3) is 4.54. The van der Waals surface area contributed by atoms with Gasteiger partial charge in [-0.05, 0) is 49.7 Å². The number of hydrazone groups is 1. The molecule has 0 radical (unpaired) electrons. The standard InChI is InChI=1S/C17H18Cl3N3/c1-3-8-23(13-5-6-15(19)16(20)10-13)22-11(2)14-9-12(18)4-7-17(14)21/h4-7,9-10H,3,8,21H2,1-2H3/b22-11+. The summed E-state index contributed by atoms with van der Waals surface area (Å²) < 4.78 is 0. The molecule has 2 aromatic rings. The molecule has 0 aromatic heterocycles. The lowest BCUT2D eigenvalue weighted by Gasteiger charge is -2.20. The molecule has 0 saturated carbocycles. The largest absolute Gasteiger partial charge is 0.398 e. The fraction of sp³-hybridized carbons (Fsp3) is 0.235. The molecule has 2 rings (SSSR count). The summed E-state index contributed by atoms with van der Waals surface area (Å²) in [5, 5.41) is 8.22. The summed E-state index contributed by atoms with van der Waals surface area (Å²) in [6.45, 7) is 4.74. The van der Waals surface area contributed by atoms with Gasteiger partial charge in [0, 0.05) is 22.8 Å². The molecule has 2 aromatic carbocycles. The minimum Gasteiger partial charge on any atom is -0.398 e. The van der Waals surface area contributed by atoms with Crippen molar-refractivity contribution in [2.24, 2.45) is 5.10 Å². The third-order valence-corrected chi connectivity index (χ3v) is 4.29. The van der Waals surface area contributed by atoms with Crippen LogP contribution in [0.5, 0.6) is 0 Å². The van der Waals surface area contributed by atoms with Gasteiger partial charge in [-0.3, -0.25) is 5.01 Å². The molecule has 0 unspecified atom stereocenters. The average molecular weight is 371 g/mol. The highest BCUT2D eigenvalue weighted by atomic mass is 35.5. The molecule has 0 spiro atoms. The van der Waals surface area contributed by atoms with Crippen LogP contribution in [0.15, 0.2) is 41.5 Å². The van der Waals surface area contributed by atoms with E-state index in [1.165, 1.54) is 0 Å². The Labute approximate surface area is 151 Å². The normalized spacial score (nSPS) is 11.6. The van der Waals surface area contributed by atoms with Gasteiger partial charge < -0.3 is 5.73 Å². The van der Waals surface area contributed by atoms with Crippen molar-refractivity contribution in [1.82, 2.24) is 0 Å². The molecule has 122 valence electrons. The molecule has 0 aliphatic rings. The smallest absolute Gasteiger partial charge is 0.0672 e. The molecule has 0 heterocycles. The Bertz CT molecular complexity index is 729. The van der Waals surface area contributed by atoms with Crippen LogP contribution in [0.2, 0.25) is 15.1 Å². The van der Waals surface area contributed by atoms with E-state index in [2.05, 4.69) is 12.0 Å². The highest BCUT2D eigenvalue weighted by Gasteiger charge is 2.10. The highest BCUT2D eigenvalue weighted by molar-refractivity contribution is 6.42. The Morgan fingerprint density at radius 3 is 2.48 bits per heavy atom. The van der Waals surface area contributed by atoms with Gasteiger partial charge in [-0.25, -0.2) is 0 Å². The van der Waals surface area contributed by atoms with Crippen molar-refractivity contribution in [2.45, 2.75) is 20.3 Å². The van der Waals surface area contributed by atoms with E-state index >= 15 is 0 Å². The Kier molecular flexibility index (Phi) is 6.17. The number of anilines is 2. The van der Waals surface area contributed by atoms with Crippen molar-refractivity contribution < 1.29 is 0 Å². The first-order valence-electron chi connectivity index (χ1n) is 7.25. The van der Waals surface area contributed by atoms with Gasteiger partial charge in [0.05, 0.1) is 21.4 Å². The van der Waals surface area contributed by atoms with Crippen LogP contribution in [-0.2, 0) is 0 Å². The van der Waals surface area contributed by atoms with Crippen LogP contribution in [0.1, 0.15) is 25.8 Å². The van der Waals surface area contributed by atoms with E-state index in [1.54, 1.807) is 24.3 Å². The second-order valence-corrected chi connectivity index (χ2v) is 6.39. The maximum Gasteiger partial charge on any atom is 0.0672 e. The van der Waals surface area contributed by atoms with Gasteiger partial charge in [-0.2, -0.15) is 5.10 Å². The van der Waals surface area contributed by atoms with Crippen LogP contribution in [0.3, 0.4) is 0 Å². The lowest BCUT2D eigenvalue weighted by Crippen LogP contribution is -2.20. The van der Waals surface area contributed by atoms with Crippen LogP contribution in [-0.4, -0.2) is 12.3 Å². The van der Waals surface area contributed by atoms with Crippen molar-refractivity contribution in [3.8, 4) is 0 Å². The first-order valence-corrected chi connectivity index (χ1v) is 8.39. The first kappa shape index (κ1) is 17.9. The second-order valence-electron chi connectivity index (χ2n) is 5.14. The zero-order valence-corrected chi connectivity index (χ0v) is 15.3. The predicted octanol–water partition coefficient (Wildman–Crippen LogP) is 5.87. The SMILES string of the molecule is CCCN(/N=C(\C)c1cc(Cl)ccc1N)c1ccc(Cl)c(Cl)c1. The monoisotopic (exact) mass is 369 g/mol. The number of nitrogens with two attached hydrogens (primary N) is 1. The predicted molar refractivity (Wildman–Crippen MR) is 102 cm³/mol. The quantitative estimate of drug-likeness (QED) is 0.406. The van der Waals surface area contributed by atoms with E-state index in [1.807, 2.05) is 24.1 Å². The molecule has 0 fully saturated rings. The van der Waals surface area contributed by atoms with Gasteiger partial charge in [0.2, 0.25) is 0 Å². The number of hydrogen-bond acceptors (Lipinski definition) is 3. The summed E-state index contributed by atoms with van der Waals surface area (Å²) in [6, 6.07) is 10.8. The summed E-state index contributed by atoms with van der Waals surface area (Å²) in [5.41, 5.74) is 9.14. The summed E-state index contributed by atoms with van der Waals surface area (Å²) >= 11 is 18.2. The molecule has 0 bridgehead atoms. The molecule has 0 aliphatic carbocycles. The molecule has 3 nitrogen and oxygen atoms in total. The lowest BCUT2D eigenvalue weighted by atomic mass is 10.1. The van der Waals surface area contributed by atoms with Gasteiger partial charge in [-0.1, -0.05) is 41.7 Å². The van der Waals surface area contributed by atoms with E-state index in [9.17, 15) is 0 Å². The van der Waals surface area contributed by atoms with E-state index in [0.717, 1.165) is 29.9 Å². The summed E-state index contributed by atoms with van der Waals surface area (Å²) in [6.07, 6.45) is 0.933. The van der Waals surface area contributed by atoms with Gasteiger partial charge in [0.1, 0.15) is 0 Å². The topological polar surface area (TPSA) is 41.6 Å². The van der Waals surface area contributed by atoms with Crippen LogP contribution in [0, 0.1) is 0 Å². The maximum absolute atomic E-state index is 6.11. The van der Waals surface area contributed by atoms with Gasteiger partial charge in [0.15, 0.2) is 0 Å². The summed E-state index contributed by atoms with van der Waals surface area (Å²) in [4.78, 5) is 0. The number of hydrogen-bond donors (Lipinski definition) is 1. The molecule has 2 N–H and O–H groups in total. The number of nitrogen functional groups attached to an aromatic ring is 1. The third-order valence-electron chi connectivity index (χ3n) is 3.31. The van der Waals surface area contributed by atoms with Crippen molar-refractivity contribution in [3.63, 3.8) is 0 Å². The average Bonchev–Trinajstić information content (AvgIpc) is 2.52. The molecule has 23 heavy (non-hydrogen) atoms. The van der Waals surface area contributed by atoms with E-state index in [-0.39, 0.29) is 0 Å². The van der Waals surface area contributed by atoms with Crippen LogP contribution < -0.4 is 10.7 Å². The number of benzene rings is 2. The molecule has 0 amide bonds. The van der Waals surface area contributed by atoms with Crippen molar-refractivity contribution in [1.29, 1.82) is 0 Å². The highest BCUT2D eigenvalue weighted by Crippen LogP contribution is 2.28. The maximum atomic E-state index is 6.11. The van der Waals surface area contributed by atoms with E-state index in [4.69, 9.17) is 40.5 Å². The van der Waals surface area contributed by atoms with Crippen molar-refractivity contribution >= 4 is 51.9 Å². The Morgan fingerprint density at radius 1 is 1.09 bits per heavy atom. The van der Waals surface area contributed by atoms with Gasteiger partial charge >= 0.3 is 0 Å². The number of halogens is 3. The molecular formula is C17H18Cl3N3. The first-order chi connectivity index (χ1) is 10.9. The fourth-order valence-electron chi connectivity index (χ4n) is 2.17. The molecule has 0 saturated heterocycles. The van der Waals surface area contributed by atoms with Gasteiger partial charge in [-0.15, -0.1) is 0 Å².